The first-order valence-electron chi connectivity index (χ1n) is 10.6. The van der Waals surface area contributed by atoms with Gasteiger partial charge >= 0.3 is 0 Å². The van der Waals surface area contributed by atoms with Crippen LogP contribution >= 0.6 is 0 Å². The zero-order valence-electron chi connectivity index (χ0n) is 18.8. The molecule has 0 saturated carbocycles. The standard InChI is InChI=1S/C22H22F2N8O3/c1-10(2)31-3-4-32-12(6-15(33)18(34)17(32)22(31)35)8-28-20-14(24)9-29-21(30-20)16(25)13-5-11(23)7-27-19(13)26/h5-7,9-10,25,34H,3-4,8H2,1-2H3,(H2,26,27)(H,28,29,30). The van der Waals surface area contributed by atoms with E-state index in [1.807, 2.05) is 13.8 Å². The topological polar surface area (TPSA) is 163 Å². The lowest BCUT2D eigenvalue weighted by atomic mass is 10.1. The number of hydrogen-bond acceptors (Lipinski definition) is 9. The Kier molecular flexibility index (Phi) is 6.16. The maximum atomic E-state index is 14.4. The number of nitrogens with zero attached hydrogens (tertiary/aromatic N) is 5. The first-order valence-corrected chi connectivity index (χ1v) is 10.6. The number of nitrogens with one attached hydrogen (secondary N) is 2. The van der Waals surface area contributed by atoms with Gasteiger partial charge in [-0.15, -0.1) is 0 Å². The monoisotopic (exact) mass is 484 g/mol. The summed E-state index contributed by atoms with van der Waals surface area (Å²) in [4.78, 5) is 38.2. The van der Waals surface area contributed by atoms with Crippen molar-refractivity contribution in [3.8, 4) is 5.75 Å². The molecule has 182 valence electrons. The molecule has 1 amide bonds. The third kappa shape index (κ3) is 4.39. The van der Waals surface area contributed by atoms with E-state index in [0.717, 1.165) is 24.5 Å². The van der Waals surface area contributed by atoms with E-state index < -0.39 is 28.7 Å². The minimum Gasteiger partial charge on any atom is -0.503 e. The summed E-state index contributed by atoms with van der Waals surface area (Å²) in [6.07, 6.45) is 1.74. The predicted octanol–water partition coefficient (Wildman–Crippen LogP) is 1.49. The highest BCUT2D eigenvalue weighted by molar-refractivity contribution is 6.11. The van der Waals surface area contributed by atoms with Crippen molar-refractivity contribution in [2.24, 2.45) is 0 Å². The van der Waals surface area contributed by atoms with E-state index in [1.54, 1.807) is 4.90 Å². The molecule has 3 aromatic rings. The van der Waals surface area contributed by atoms with Crippen molar-refractivity contribution < 1.29 is 18.7 Å². The van der Waals surface area contributed by atoms with Crippen LogP contribution in [0.1, 0.15) is 41.4 Å². The molecule has 0 atom stereocenters. The van der Waals surface area contributed by atoms with Crippen LogP contribution in [-0.2, 0) is 13.1 Å². The molecular weight excluding hydrogens is 462 g/mol. The molecule has 1 aliphatic rings. The predicted molar refractivity (Wildman–Crippen MR) is 122 cm³/mol. The molecule has 4 heterocycles. The first-order chi connectivity index (χ1) is 16.6. The smallest absolute Gasteiger partial charge is 0.274 e. The van der Waals surface area contributed by atoms with Gasteiger partial charge < -0.3 is 25.6 Å². The van der Waals surface area contributed by atoms with Gasteiger partial charge in [-0.05, 0) is 19.9 Å². The Hall–Kier alpha value is -4.42. The van der Waals surface area contributed by atoms with E-state index in [-0.39, 0.29) is 47.0 Å². The van der Waals surface area contributed by atoms with Crippen LogP contribution in [0.5, 0.6) is 5.75 Å². The highest BCUT2D eigenvalue weighted by atomic mass is 19.1. The molecule has 5 N–H and O–H groups in total. The molecule has 3 aromatic heterocycles. The Balaban J connectivity index is 1.64. The summed E-state index contributed by atoms with van der Waals surface area (Å²) in [5.41, 5.74) is 4.74. The second-order valence-electron chi connectivity index (χ2n) is 8.15. The van der Waals surface area contributed by atoms with Crippen molar-refractivity contribution in [2.45, 2.75) is 33.0 Å². The van der Waals surface area contributed by atoms with Crippen LogP contribution < -0.4 is 16.5 Å². The van der Waals surface area contributed by atoms with Gasteiger partial charge in [0.25, 0.3) is 5.91 Å². The van der Waals surface area contributed by atoms with Gasteiger partial charge in [-0.25, -0.2) is 23.7 Å². The van der Waals surface area contributed by atoms with Gasteiger partial charge in [0.2, 0.25) is 5.43 Å². The third-order valence-corrected chi connectivity index (χ3v) is 5.58. The van der Waals surface area contributed by atoms with Crippen molar-refractivity contribution in [2.75, 3.05) is 17.6 Å². The van der Waals surface area contributed by atoms with Crippen molar-refractivity contribution in [3.63, 3.8) is 0 Å². The average Bonchev–Trinajstić information content (AvgIpc) is 2.82. The lowest BCUT2D eigenvalue weighted by Gasteiger charge is -2.34. The Bertz CT molecular complexity index is 1410. The van der Waals surface area contributed by atoms with Gasteiger partial charge in [-0.1, -0.05) is 0 Å². The van der Waals surface area contributed by atoms with Gasteiger partial charge in [0.15, 0.2) is 28.9 Å². The minimum atomic E-state index is -0.839. The average molecular weight is 484 g/mol. The quantitative estimate of drug-likeness (QED) is 0.382. The largest absolute Gasteiger partial charge is 0.503 e. The second-order valence-corrected chi connectivity index (χ2v) is 8.15. The summed E-state index contributed by atoms with van der Waals surface area (Å²) in [6, 6.07) is 2.03. The van der Waals surface area contributed by atoms with E-state index >= 15 is 0 Å². The number of halogens is 2. The van der Waals surface area contributed by atoms with E-state index in [9.17, 15) is 23.5 Å². The van der Waals surface area contributed by atoms with Crippen LogP contribution in [0.25, 0.3) is 0 Å². The molecule has 1 aliphatic heterocycles. The number of aromatic hydroxyl groups is 1. The number of carbonyl (C=O) groups is 1. The van der Waals surface area contributed by atoms with Gasteiger partial charge in [-0.3, -0.25) is 15.0 Å². The highest BCUT2D eigenvalue weighted by Crippen LogP contribution is 2.23. The number of pyridine rings is 2. The number of nitrogen functional groups attached to an aromatic ring is 1. The Labute approximate surface area is 197 Å². The van der Waals surface area contributed by atoms with Gasteiger partial charge in [0.1, 0.15) is 17.3 Å². The zero-order valence-corrected chi connectivity index (χ0v) is 18.8. The number of nitrogens with two attached hydrogens (primary N) is 1. The number of anilines is 2. The van der Waals surface area contributed by atoms with Gasteiger partial charge in [-0.2, -0.15) is 0 Å². The molecule has 4 rings (SSSR count). The number of amides is 1. The maximum Gasteiger partial charge on any atom is 0.274 e. The summed E-state index contributed by atoms with van der Waals surface area (Å²) in [7, 11) is 0. The lowest BCUT2D eigenvalue weighted by Crippen LogP contribution is -2.46. The normalized spacial score (nSPS) is 13.2. The van der Waals surface area contributed by atoms with Crippen LogP contribution in [-0.4, -0.2) is 53.7 Å². The molecule has 0 saturated heterocycles. The fraction of sp³-hybridized carbons (Fsp3) is 0.273. The number of carbonyl (C=O) groups excluding carboxylic acids is 1. The number of rotatable bonds is 6. The van der Waals surface area contributed by atoms with Crippen molar-refractivity contribution in [1.29, 1.82) is 5.41 Å². The summed E-state index contributed by atoms with van der Waals surface area (Å²) in [5.74, 6) is -3.32. The van der Waals surface area contributed by atoms with E-state index in [2.05, 4.69) is 20.3 Å². The summed E-state index contributed by atoms with van der Waals surface area (Å²) in [6.45, 7) is 4.22. The SMILES string of the molecule is CC(C)N1CCn2c(CNc3nc(C(=N)c4cc(F)cnc4N)ncc3F)cc(=O)c(O)c2C1=O. The van der Waals surface area contributed by atoms with Gasteiger partial charge in [0, 0.05) is 36.5 Å². The zero-order chi connectivity index (χ0) is 25.4. The van der Waals surface area contributed by atoms with Crippen molar-refractivity contribution >= 4 is 23.3 Å². The molecule has 13 heteroatoms. The first kappa shape index (κ1) is 23.7. The molecule has 0 fully saturated rings. The number of aromatic nitrogens is 4. The van der Waals surface area contributed by atoms with Crippen LogP contribution in [0.2, 0.25) is 0 Å². The van der Waals surface area contributed by atoms with Crippen LogP contribution in [0.3, 0.4) is 0 Å². The van der Waals surface area contributed by atoms with E-state index in [0.29, 0.717) is 18.8 Å². The maximum absolute atomic E-state index is 14.4. The summed E-state index contributed by atoms with van der Waals surface area (Å²) in [5, 5.41) is 21.3. The van der Waals surface area contributed by atoms with Crippen LogP contribution in [0.15, 0.2) is 29.3 Å². The van der Waals surface area contributed by atoms with E-state index in [4.69, 9.17) is 11.1 Å². The van der Waals surface area contributed by atoms with Gasteiger partial charge in [0.05, 0.1) is 18.9 Å². The molecule has 0 radical (unpaired) electrons. The Morgan fingerprint density at radius 3 is 2.69 bits per heavy atom. The number of hydrogen-bond donors (Lipinski definition) is 4. The molecule has 0 aliphatic carbocycles. The molecule has 35 heavy (non-hydrogen) atoms. The molecule has 11 nitrogen and oxygen atoms in total. The van der Waals surface area contributed by atoms with E-state index in [1.165, 1.54) is 4.57 Å². The highest BCUT2D eigenvalue weighted by Gasteiger charge is 2.31. The Morgan fingerprint density at radius 2 is 1.97 bits per heavy atom. The summed E-state index contributed by atoms with van der Waals surface area (Å²) < 4.78 is 29.5. The van der Waals surface area contributed by atoms with Crippen molar-refractivity contribution in [3.05, 3.63) is 69.2 Å². The molecule has 0 unspecified atom stereocenters. The third-order valence-electron chi connectivity index (χ3n) is 5.58. The van der Waals surface area contributed by atoms with Crippen LogP contribution in [0.4, 0.5) is 20.4 Å². The molecule has 0 aromatic carbocycles. The molecular formula is C22H22F2N8O3. The minimum absolute atomic E-state index is 0.0602. The fourth-order valence-corrected chi connectivity index (χ4v) is 3.80. The Morgan fingerprint density at radius 1 is 1.23 bits per heavy atom. The second kappa shape index (κ2) is 9.08. The molecule has 0 spiro atoms. The van der Waals surface area contributed by atoms with Crippen LogP contribution in [0, 0.1) is 17.0 Å². The molecule has 0 bridgehead atoms. The summed E-state index contributed by atoms with van der Waals surface area (Å²) >= 11 is 0. The lowest BCUT2D eigenvalue weighted by molar-refractivity contribution is 0.0639. The van der Waals surface area contributed by atoms with Crippen molar-refractivity contribution in [1.82, 2.24) is 24.4 Å². The fourth-order valence-electron chi connectivity index (χ4n) is 3.80. The number of fused-ring (bicyclic) bond motifs is 1.